The minimum absolute atomic E-state index is 0.0275. The lowest BCUT2D eigenvalue weighted by molar-refractivity contribution is 0.528. The van der Waals surface area contributed by atoms with E-state index in [1.165, 1.54) is 29.8 Å². The molecule has 0 aliphatic rings. The Hall–Kier alpha value is -2.61. The first-order valence-corrected chi connectivity index (χ1v) is 7.91. The molecule has 22 heavy (non-hydrogen) atoms. The van der Waals surface area contributed by atoms with Gasteiger partial charge in [0.1, 0.15) is 5.82 Å². The molecule has 0 radical (unpaired) electrons. The van der Waals surface area contributed by atoms with Gasteiger partial charge in [-0.25, -0.2) is 18.2 Å². The molecule has 2 heterocycles. The molecule has 0 saturated heterocycles. The highest BCUT2D eigenvalue weighted by Crippen LogP contribution is 2.20. The van der Waals surface area contributed by atoms with Crippen LogP contribution >= 0.6 is 0 Å². The van der Waals surface area contributed by atoms with Gasteiger partial charge in [-0.15, -0.1) is 0 Å². The molecule has 0 saturated carbocycles. The fourth-order valence-corrected chi connectivity index (χ4v) is 3.09. The van der Waals surface area contributed by atoms with Gasteiger partial charge in [-0.1, -0.05) is 6.07 Å². The maximum atomic E-state index is 12.4. The quantitative estimate of drug-likeness (QED) is 0.792. The Morgan fingerprint density at radius 2 is 2.00 bits per heavy atom. The van der Waals surface area contributed by atoms with E-state index in [1.54, 1.807) is 25.1 Å². The average molecular weight is 319 g/mol. The lowest BCUT2D eigenvalue weighted by Crippen LogP contribution is -2.14. The van der Waals surface area contributed by atoms with Gasteiger partial charge in [0.2, 0.25) is 0 Å². The number of aromatic nitrogens is 2. The zero-order chi connectivity index (χ0) is 15.9. The van der Waals surface area contributed by atoms with Gasteiger partial charge in [-0.2, -0.15) is 0 Å². The Balaban J connectivity index is 2.05. The number of benzene rings is 1. The van der Waals surface area contributed by atoms with Crippen molar-refractivity contribution in [1.29, 1.82) is 0 Å². The van der Waals surface area contributed by atoms with Crippen molar-refractivity contribution < 1.29 is 12.8 Å². The topological polar surface area (TPSA) is 94.2 Å². The second-order valence-corrected chi connectivity index (χ2v) is 6.51. The zero-order valence-electron chi connectivity index (χ0n) is 11.9. The van der Waals surface area contributed by atoms with Crippen molar-refractivity contribution in [1.82, 2.24) is 9.55 Å². The number of nitrogens with one attached hydrogen (secondary N) is 1. The van der Waals surface area contributed by atoms with Crippen molar-refractivity contribution in [3.63, 3.8) is 0 Å². The second-order valence-electron chi connectivity index (χ2n) is 4.83. The molecule has 0 aliphatic heterocycles. The van der Waals surface area contributed by atoms with E-state index in [1.807, 2.05) is 0 Å². The lowest BCUT2D eigenvalue weighted by Gasteiger charge is -2.08. The maximum absolute atomic E-state index is 12.4. The van der Waals surface area contributed by atoms with Gasteiger partial charge < -0.3 is 4.42 Å². The van der Waals surface area contributed by atoms with Crippen LogP contribution in [-0.2, 0) is 17.1 Å². The first kappa shape index (κ1) is 14.3. The number of pyridine rings is 1. The summed E-state index contributed by atoms with van der Waals surface area (Å²) in [5.41, 5.74) is 1.44. The molecule has 0 aliphatic carbocycles. The summed E-state index contributed by atoms with van der Waals surface area (Å²) in [7, 11) is -2.28. The van der Waals surface area contributed by atoms with Crippen LogP contribution in [0.3, 0.4) is 0 Å². The lowest BCUT2D eigenvalue weighted by atomic mass is 10.3. The number of nitrogens with zero attached hydrogens (tertiary/aromatic N) is 2. The second kappa shape index (κ2) is 4.99. The van der Waals surface area contributed by atoms with Crippen LogP contribution < -0.4 is 10.5 Å². The molecule has 1 N–H and O–H groups in total. The molecule has 3 aromatic rings. The van der Waals surface area contributed by atoms with Crippen LogP contribution in [0.4, 0.5) is 5.82 Å². The van der Waals surface area contributed by atoms with Gasteiger partial charge in [-0.3, -0.25) is 9.29 Å². The first-order chi connectivity index (χ1) is 10.4. The minimum atomic E-state index is -3.80. The standard InChI is InChI=1S/C14H13N3O4S/c1-9-4-3-5-13(15-9)16-22(19,20)10-6-7-12-11(8-10)17(2)14(18)21-12/h3-8H,1-2H3,(H,15,16). The molecule has 0 bridgehead atoms. The summed E-state index contributed by atoms with van der Waals surface area (Å²) in [6.07, 6.45) is 0. The minimum Gasteiger partial charge on any atom is -0.408 e. The normalized spacial score (nSPS) is 11.7. The molecule has 1 aromatic carbocycles. The predicted molar refractivity (Wildman–Crippen MR) is 81.2 cm³/mol. The Bertz CT molecular complexity index is 1020. The van der Waals surface area contributed by atoms with Gasteiger partial charge in [0, 0.05) is 12.7 Å². The van der Waals surface area contributed by atoms with E-state index >= 15 is 0 Å². The summed E-state index contributed by atoms with van der Waals surface area (Å²) >= 11 is 0. The zero-order valence-corrected chi connectivity index (χ0v) is 12.7. The van der Waals surface area contributed by atoms with Crippen molar-refractivity contribution in [3.8, 4) is 0 Å². The van der Waals surface area contributed by atoms with Crippen molar-refractivity contribution >= 4 is 26.9 Å². The largest absolute Gasteiger partial charge is 0.419 e. The third-order valence-corrected chi connectivity index (χ3v) is 4.55. The molecule has 2 aromatic heterocycles. The summed E-state index contributed by atoms with van der Waals surface area (Å²) in [4.78, 5) is 15.6. The van der Waals surface area contributed by atoms with Crippen LogP contribution in [0, 0.1) is 6.92 Å². The smallest absolute Gasteiger partial charge is 0.408 e. The number of sulfonamides is 1. The number of anilines is 1. The third kappa shape index (κ3) is 2.48. The molecule has 114 valence electrons. The van der Waals surface area contributed by atoms with E-state index in [0.29, 0.717) is 16.8 Å². The summed E-state index contributed by atoms with van der Waals surface area (Å²) in [6.45, 7) is 1.77. The molecular weight excluding hydrogens is 306 g/mol. The van der Waals surface area contributed by atoms with E-state index in [-0.39, 0.29) is 10.7 Å². The molecule has 0 fully saturated rings. The molecule has 0 spiro atoms. The number of hydrogen-bond acceptors (Lipinski definition) is 5. The van der Waals surface area contributed by atoms with Crippen molar-refractivity contribution in [2.45, 2.75) is 11.8 Å². The maximum Gasteiger partial charge on any atom is 0.419 e. The highest BCUT2D eigenvalue weighted by Gasteiger charge is 2.17. The van der Waals surface area contributed by atoms with Crippen molar-refractivity contribution in [3.05, 3.63) is 52.6 Å². The van der Waals surface area contributed by atoms with Gasteiger partial charge in [0.15, 0.2) is 5.58 Å². The van der Waals surface area contributed by atoms with Crippen LogP contribution in [0.1, 0.15) is 5.69 Å². The molecule has 0 atom stereocenters. The third-order valence-electron chi connectivity index (χ3n) is 3.20. The fraction of sp³-hybridized carbons (Fsp3) is 0.143. The van der Waals surface area contributed by atoms with Crippen LogP contribution in [0.2, 0.25) is 0 Å². The summed E-state index contributed by atoms with van der Waals surface area (Å²) in [5, 5.41) is 0. The van der Waals surface area contributed by atoms with E-state index in [2.05, 4.69) is 9.71 Å². The highest BCUT2D eigenvalue weighted by molar-refractivity contribution is 7.92. The van der Waals surface area contributed by atoms with Crippen molar-refractivity contribution in [2.75, 3.05) is 4.72 Å². The van der Waals surface area contributed by atoms with Crippen molar-refractivity contribution in [2.24, 2.45) is 7.05 Å². The first-order valence-electron chi connectivity index (χ1n) is 6.43. The van der Waals surface area contributed by atoms with E-state index in [0.717, 1.165) is 0 Å². The van der Waals surface area contributed by atoms with Gasteiger partial charge in [0.25, 0.3) is 10.0 Å². The Morgan fingerprint density at radius 1 is 1.23 bits per heavy atom. The van der Waals surface area contributed by atoms with E-state index in [9.17, 15) is 13.2 Å². The van der Waals surface area contributed by atoms with E-state index in [4.69, 9.17) is 4.42 Å². The Morgan fingerprint density at radius 3 is 2.73 bits per heavy atom. The number of aryl methyl sites for hydroxylation is 2. The van der Waals surface area contributed by atoms with Crippen LogP contribution in [-0.4, -0.2) is 18.0 Å². The van der Waals surface area contributed by atoms with E-state index < -0.39 is 15.8 Å². The van der Waals surface area contributed by atoms with Gasteiger partial charge in [0.05, 0.1) is 10.4 Å². The number of hydrogen-bond donors (Lipinski definition) is 1. The Labute approximate surface area is 126 Å². The predicted octanol–water partition coefficient (Wildman–Crippen LogP) is 1.64. The summed E-state index contributed by atoms with van der Waals surface area (Å²) in [5.74, 6) is -0.306. The van der Waals surface area contributed by atoms with Crippen LogP contribution in [0.5, 0.6) is 0 Å². The van der Waals surface area contributed by atoms with Crippen LogP contribution in [0.25, 0.3) is 11.1 Å². The number of rotatable bonds is 3. The molecule has 0 unspecified atom stereocenters. The Kier molecular flexibility index (Phi) is 3.25. The molecule has 7 nitrogen and oxygen atoms in total. The van der Waals surface area contributed by atoms with Crippen LogP contribution in [0.15, 0.2) is 50.5 Å². The fourth-order valence-electron chi connectivity index (χ4n) is 2.07. The molecule has 3 rings (SSSR count). The summed E-state index contributed by atoms with van der Waals surface area (Å²) in [6, 6.07) is 9.27. The summed E-state index contributed by atoms with van der Waals surface area (Å²) < 4.78 is 33.5. The number of oxazole rings is 1. The SMILES string of the molecule is Cc1cccc(NS(=O)(=O)c2ccc3oc(=O)n(C)c3c2)n1. The molecular formula is C14H13N3O4S. The highest BCUT2D eigenvalue weighted by atomic mass is 32.2. The molecule has 8 heteroatoms. The number of fused-ring (bicyclic) bond motifs is 1. The molecule has 0 amide bonds. The average Bonchev–Trinajstić information content (AvgIpc) is 2.73. The van der Waals surface area contributed by atoms with Gasteiger partial charge >= 0.3 is 5.76 Å². The van der Waals surface area contributed by atoms with Gasteiger partial charge in [-0.05, 0) is 37.3 Å². The monoisotopic (exact) mass is 319 g/mol.